The van der Waals surface area contributed by atoms with E-state index in [1.54, 1.807) is 11.3 Å². The minimum absolute atomic E-state index is 0.0917. The lowest BCUT2D eigenvalue weighted by Gasteiger charge is -2.38. The molecule has 0 radical (unpaired) electrons. The monoisotopic (exact) mass is 240 g/mol. The molecule has 0 spiro atoms. The standard InChI is InChI=1S/C11H20N4S/c1-8-7-14(3)4-5-15(8)11-13-6-10(16-11)9(2)12/h6,8-9H,4-5,7,12H2,1-3H3. The van der Waals surface area contributed by atoms with Crippen molar-refractivity contribution in [2.24, 2.45) is 5.73 Å². The lowest BCUT2D eigenvalue weighted by molar-refractivity contribution is 0.275. The van der Waals surface area contributed by atoms with E-state index in [1.165, 1.54) is 4.88 Å². The van der Waals surface area contributed by atoms with Gasteiger partial charge in [-0.3, -0.25) is 0 Å². The number of hydrogen-bond donors (Lipinski definition) is 1. The van der Waals surface area contributed by atoms with Gasteiger partial charge in [-0.1, -0.05) is 0 Å². The van der Waals surface area contributed by atoms with Gasteiger partial charge in [-0.05, 0) is 20.9 Å². The van der Waals surface area contributed by atoms with Crippen LogP contribution in [-0.2, 0) is 0 Å². The molecule has 1 saturated heterocycles. The van der Waals surface area contributed by atoms with Gasteiger partial charge in [-0.15, -0.1) is 11.3 Å². The summed E-state index contributed by atoms with van der Waals surface area (Å²) in [6, 6.07) is 0.625. The molecule has 0 saturated carbocycles. The van der Waals surface area contributed by atoms with E-state index in [4.69, 9.17) is 5.73 Å². The molecule has 1 aromatic heterocycles. The van der Waals surface area contributed by atoms with Gasteiger partial charge in [0.25, 0.3) is 0 Å². The highest BCUT2D eigenvalue weighted by molar-refractivity contribution is 7.15. The molecule has 1 aromatic rings. The highest BCUT2D eigenvalue weighted by Gasteiger charge is 2.24. The smallest absolute Gasteiger partial charge is 0.185 e. The summed E-state index contributed by atoms with van der Waals surface area (Å²) in [5.41, 5.74) is 5.86. The minimum Gasteiger partial charge on any atom is -0.343 e. The van der Waals surface area contributed by atoms with Crippen LogP contribution in [0.2, 0.25) is 0 Å². The highest BCUT2D eigenvalue weighted by atomic mass is 32.1. The van der Waals surface area contributed by atoms with E-state index in [2.05, 4.69) is 28.8 Å². The molecule has 5 heteroatoms. The first kappa shape index (κ1) is 11.8. The van der Waals surface area contributed by atoms with Crippen LogP contribution in [-0.4, -0.2) is 42.6 Å². The van der Waals surface area contributed by atoms with E-state index in [1.807, 2.05) is 13.1 Å². The molecule has 4 nitrogen and oxygen atoms in total. The maximum absolute atomic E-state index is 5.86. The molecule has 1 aliphatic heterocycles. The molecule has 1 fully saturated rings. The third kappa shape index (κ3) is 2.36. The number of rotatable bonds is 2. The molecule has 0 amide bonds. The van der Waals surface area contributed by atoms with Gasteiger partial charge >= 0.3 is 0 Å². The number of thiazole rings is 1. The summed E-state index contributed by atoms with van der Waals surface area (Å²) >= 11 is 1.72. The third-order valence-electron chi connectivity index (χ3n) is 3.04. The third-order valence-corrected chi connectivity index (χ3v) is 4.27. The predicted octanol–water partition coefficient (Wildman–Crippen LogP) is 1.30. The Kier molecular flexibility index (Phi) is 3.47. The molecular weight excluding hydrogens is 220 g/mol. The first-order valence-corrected chi connectivity index (χ1v) is 6.56. The van der Waals surface area contributed by atoms with E-state index in [9.17, 15) is 0 Å². The Balaban J connectivity index is 2.11. The molecule has 2 heterocycles. The van der Waals surface area contributed by atoms with Gasteiger partial charge in [0.15, 0.2) is 5.13 Å². The number of hydrogen-bond acceptors (Lipinski definition) is 5. The molecular formula is C11H20N4S. The van der Waals surface area contributed by atoms with Crippen molar-refractivity contribution in [1.82, 2.24) is 9.88 Å². The van der Waals surface area contributed by atoms with Gasteiger partial charge in [0.2, 0.25) is 0 Å². The summed E-state index contributed by atoms with van der Waals surface area (Å²) in [6.45, 7) is 7.53. The van der Waals surface area contributed by atoms with E-state index in [0.717, 1.165) is 24.8 Å². The zero-order valence-corrected chi connectivity index (χ0v) is 11.0. The van der Waals surface area contributed by atoms with Crippen molar-refractivity contribution in [1.29, 1.82) is 0 Å². The van der Waals surface area contributed by atoms with E-state index in [0.29, 0.717) is 6.04 Å². The average molecular weight is 240 g/mol. The molecule has 0 bridgehead atoms. The second-order valence-electron chi connectivity index (χ2n) is 4.64. The Morgan fingerprint density at radius 1 is 1.56 bits per heavy atom. The molecule has 1 aliphatic rings. The topological polar surface area (TPSA) is 45.4 Å². The van der Waals surface area contributed by atoms with Gasteiger partial charge in [-0.25, -0.2) is 4.98 Å². The first-order chi connectivity index (χ1) is 7.58. The summed E-state index contributed by atoms with van der Waals surface area (Å²) in [5.74, 6) is 0. The van der Waals surface area contributed by atoms with E-state index >= 15 is 0 Å². The van der Waals surface area contributed by atoms with Crippen LogP contribution in [0, 0.1) is 0 Å². The Labute approximate surface area is 101 Å². The van der Waals surface area contributed by atoms with Crippen molar-refractivity contribution in [3.63, 3.8) is 0 Å². The molecule has 2 rings (SSSR count). The maximum Gasteiger partial charge on any atom is 0.185 e. The predicted molar refractivity (Wildman–Crippen MR) is 69.0 cm³/mol. The van der Waals surface area contributed by atoms with Gasteiger partial charge in [-0.2, -0.15) is 0 Å². The van der Waals surface area contributed by atoms with Crippen molar-refractivity contribution in [3.8, 4) is 0 Å². The normalized spacial score (nSPS) is 24.8. The van der Waals surface area contributed by atoms with Crippen molar-refractivity contribution in [2.75, 3.05) is 31.6 Å². The van der Waals surface area contributed by atoms with Crippen LogP contribution in [0.1, 0.15) is 24.8 Å². The zero-order valence-electron chi connectivity index (χ0n) is 10.2. The number of nitrogens with two attached hydrogens (primary N) is 1. The SMILES string of the molecule is CC(N)c1cnc(N2CCN(C)CC2C)s1. The fourth-order valence-corrected chi connectivity index (χ4v) is 3.04. The van der Waals surface area contributed by atoms with Gasteiger partial charge in [0.05, 0.1) is 0 Å². The summed E-state index contributed by atoms with van der Waals surface area (Å²) in [4.78, 5) is 10.4. The molecule has 2 N–H and O–H groups in total. The van der Waals surface area contributed by atoms with Crippen LogP contribution in [0.4, 0.5) is 5.13 Å². The summed E-state index contributed by atoms with van der Waals surface area (Å²) < 4.78 is 0. The van der Waals surface area contributed by atoms with Gasteiger partial charge in [0, 0.05) is 42.8 Å². The molecule has 16 heavy (non-hydrogen) atoms. The van der Waals surface area contributed by atoms with Crippen molar-refractivity contribution in [3.05, 3.63) is 11.1 Å². The highest BCUT2D eigenvalue weighted by Crippen LogP contribution is 2.28. The second kappa shape index (κ2) is 4.69. The molecule has 90 valence electrons. The van der Waals surface area contributed by atoms with Crippen LogP contribution < -0.4 is 10.6 Å². The summed E-state index contributed by atoms with van der Waals surface area (Å²) in [7, 11) is 2.17. The van der Waals surface area contributed by atoms with Crippen LogP contribution in [0.5, 0.6) is 0 Å². The lowest BCUT2D eigenvalue weighted by Crippen LogP contribution is -2.50. The number of likely N-dealkylation sites (N-methyl/N-ethyl adjacent to an activating group) is 1. The Morgan fingerprint density at radius 2 is 2.31 bits per heavy atom. The molecule has 2 unspecified atom stereocenters. The molecule has 0 aromatic carbocycles. The minimum atomic E-state index is 0.0917. The second-order valence-corrected chi connectivity index (χ2v) is 5.68. The number of piperazine rings is 1. The molecule has 0 aliphatic carbocycles. The quantitative estimate of drug-likeness (QED) is 0.846. The van der Waals surface area contributed by atoms with E-state index in [-0.39, 0.29) is 6.04 Å². The maximum atomic E-state index is 5.86. The van der Waals surface area contributed by atoms with Crippen LogP contribution >= 0.6 is 11.3 Å². The average Bonchev–Trinajstić information content (AvgIpc) is 2.66. The fourth-order valence-electron chi connectivity index (χ4n) is 2.04. The van der Waals surface area contributed by atoms with Gasteiger partial charge < -0.3 is 15.5 Å². The zero-order chi connectivity index (χ0) is 11.7. The van der Waals surface area contributed by atoms with Crippen LogP contribution in [0.15, 0.2) is 6.20 Å². The summed E-state index contributed by atoms with van der Waals surface area (Å²) in [6.07, 6.45) is 1.91. The number of anilines is 1. The number of nitrogens with zero attached hydrogens (tertiary/aromatic N) is 3. The van der Waals surface area contributed by atoms with Crippen LogP contribution in [0.3, 0.4) is 0 Å². The Bertz CT molecular complexity index is 350. The number of aromatic nitrogens is 1. The molecule has 2 atom stereocenters. The summed E-state index contributed by atoms with van der Waals surface area (Å²) in [5, 5.41) is 1.12. The van der Waals surface area contributed by atoms with E-state index < -0.39 is 0 Å². The van der Waals surface area contributed by atoms with Crippen molar-refractivity contribution >= 4 is 16.5 Å². The van der Waals surface area contributed by atoms with Crippen molar-refractivity contribution < 1.29 is 0 Å². The largest absolute Gasteiger partial charge is 0.343 e. The fraction of sp³-hybridized carbons (Fsp3) is 0.727. The first-order valence-electron chi connectivity index (χ1n) is 5.74. The van der Waals surface area contributed by atoms with Crippen molar-refractivity contribution in [2.45, 2.75) is 25.9 Å². The Hall–Kier alpha value is -0.650. The Morgan fingerprint density at radius 3 is 2.88 bits per heavy atom. The van der Waals surface area contributed by atoms with Crippen LogP contribution in [0.25, 0.3) is 0 Å². The van der Waals surface area contributed by atoms with Gasteiger partial charge in [0.1, 0.15) is 0 Å². The lowest BCUT2D eigenvalue weighted by atomic mass is 10.2.